The van der Waals surface area contributed by atoms with Gasteiger partial charge in [0.25, 0.3) is 0 Å². The van der Waals surface area contributed by atoms with Gasteiger partial charge >= 0.3 is 0 Å². The average molecular weight is 236 g/mol. The average Bonchev–Trinajstić information content (AvgIpc) is 2.86. The van der Waals surface area contributed by atoms with Crippen LogP contribution < -0.4 is 0 Å². The zero-order valence-electron chi connectivity index (χ0n) is 11.5. The van der Waals surface area contributed by atoms with Crippen LogP contribution in [0.2, 0.25) is 0 Å². The highest BCUT2D eigenvalue weighted by Crippen LogP contribution is 2.20. The van der Waals surface area contributed by atoms with E-state index in [1.54, 1.807) is 0 Å². The largest absolute Gasteiger partial charge is 0.282 e. The quantitative estimate of drug-likeness (QED) is 0.566. The van der Waals surface area contributed by atoms with Gasteiger partial charge in [-0.2, -0.15) is 5.10 Å². The van der Waals surface area contributed by atoms with E-state index in [1.807, 2.05) is 6.20 Å². The lowest BCUT2D eigenvalue weighted by atomic mass is 9.99. The Bertz CT molecular complexity index is 254. The predicted molar refractivity (Wildman–Crippen MR) is 74.2 cm³/mol. The van der Waals surface area contributed by atoms with Crippen molar-refractivity contribution in [2.45, 2.75) is 77.6 Å². The van der Waals surface area contributed by atoms with Gasteiger partial charge < -0.3 is 0 Å². The Kier molecular flexibility index (Phi) is 7.78. The third kappa shape index (κ3) is 6.50. The van der Waals surface area contributed by atoms with E-state index >= 15 is 0 Å². The molecule has 0 bridgehead atoms. The van der Waals surface area contributed by atoms with E-state index in [1.165, 1.54) is 63.5 Å². The number of nitrogens with one attached hydrogen (secondary N) is 1. The molecule has 1 aromatic rings. The normalized spacial score (nSPS) is 12.8. The zero-order chi connectivity index (χ0) is 12.3. The highest BCUT2D eigenvalue weighted by Gasteiger charge is 2.05. The summed E-state index contributed by atoms with van der Waals surface area (Å²) in [4.78, 5) is 0. The molecule has 1 aromatic heterocycles. The Hall–Kier alpha value is -0.790. The first-order valence-corrected chi connectivity index (χ1v) is 7.34. The van der Waals surface area contributed by atoms with Crippen LogP contribution in [0.5, 0.6) is 0 Å². The zero-order valence-corrected chi connectivity index (χ0v) is 11.5. The molecule has 0 amide bonds. The predicted octanol–water partition coefficient (Wildman–Crippen LogP) is 5.04. The smallest absolute Gasteiger partial charge is 0.0490 e. The summed E-state index contributed by atoms with van der Waals surface area (Å²) in [5.74, 6) is 0.637. The molecule has 17 heavy (non-hydrogen) atoms. The number of hydrogen-bond donors (Lipinski definition) is 1. The van der Waals surface area contributed by atoms with Crippen molar-refractivity contribution in [1.29, 1.82) is 0 Å². The molecule has 2 heteroatoms. The molecule has 1 rings (SSSR count). The Morgan fingerprint density at radius 2 is 1.71 bits per heavy atom. The molecule has 2 nitrogen and oxygen atoms in total. The molecule has 0 radical (unpaired) electrons. The van der Waals surface area contributed by atoms with Crippen LogP contribution in [0.3, 0.4) is 0 Å². The molecular weight excluding hydrogens is 208 g/mol. The first-order valence-electron chi connectivity index (χ1n) is 7.34. The molecule has 0 aromatic carbocycles. The molecule has 0 aliphatic carbocycles. The van der Waals surface area contributed by atoms with Crippen molar-refractivity contribution in [2.75, 3.05) is 0 Å². The minimum atomic E-state index is 0.637. The van der Waals surface area contributed by atoms with Gasteiger partial charge in [-0.05, 0) is 18.4 Å². The van der Waals surface area contributed by atoms with Gasteiger partial charge in [0.2, 0.25) is 0 Å². The number of rotatable bonds is 10. The summed E-state index contributed by atoms with van der Waals surface area (Å²) in [5, 5.41) is 7.07. The lowest BCUT2D eigenvalue weighted by Gasteiger charge is -2.08. The summed E-state index contributed by atoms with van der Waals surface area (Å²) < 4.78 is 0. The fourth-order valence-corrected chi connectivity index (χ4v) is 2.28. The monoisotopic (exact) mass is 236 g/mol. The first-order chi connectivity index (χ1) is 8.34. The van der Waals surface area contributed by atoms with Crippen LogP contribution in [0, 0.1) is 0 Å². The molecule has 0 spiro atoms. The van der Waals surface area contributed by atoms with E-state index in [-0.39, 0.29) is 0 Å². The van der Waals surface area contributed by atoms with E-state index in [0.29, 0.717) is 5.92 Å². The summed E-state index contributed by atoms with van der Waals surface area (Å²) in [6, 6.07) is 2.09. The SMILES string of the molecule is CCCCCCCCCCC(C)c1ccn[nH]1. The van der Waals surface area contributed by atoms with Crippen molar-refractivity contribution in [3.63, 3.8) is 0 Å². The number of aromatic nitrogens is 2. The number of nitrogens with zero attached hydrogens (tertiary/aromatic N) is 1. The maximum absolute atomic E-state index is 4.00. The van der Waals surface area contributed by atoms with Crippen LogP contribution >= 0.6 is 0 Å². The molecule has 1 N–H and O–H groups in total. The number of hydrogen-bond acceptors (Lipinski definition) is 1. The Morgan fingerprint density at radius 3 is 2.29 bits per heavy atom. The van der Waals surface area contributed by atoms with Crippen LogP contribution in [0.4, 0.5) is 0 Å². The van der Waals surface area contributed by atoms with Gasteiger partial charge in [-0.25, -0.2) is 0 Å². The molecule has 0 saturated carbocycles. The Morgan fingerprint density at radius 1 is 1.06 bits per heavy atom. The molecule has 1 heterocycles. The van der Waals surface area contributed by atoms with Gasteiger partial charge in [0.1, 0.15) is 0 Å². The Labute approximate surface area is 106 Å². The second-order valence-electron chi connectivity index (χ2n) is 5.18. The minimum Gasteiger partial charge on any atom is -0.282 e. The van der Waals surface area contributed by atoms with Crippen LogP contribution in [0.1, 0.15) is 83.2 Å². The number of aromatic amines is 1. The summed E-state index contributed by atoms with van der Waals surface area (Å²) in [6.07, 6.45) is 14.4. The second-order valence-corrected chi connectivity index (χ2v) is 5.18. The summed E-state index contributed by atoms with van der Waals surface area (Å²) in [6.45, 7) is 4.56. The molecule has 0 aliphatic heterocycles. The van der Waals surface area contributed by atoms with E-state index < -0.39 is 0 Å². The van der Waals surface area contributed by atoms with Crippen LogP contribution in [0.15, 0.2) is 12.3 Å². The minimum absolute atomic E-state index is 0.637. The fourth-order valence-electron chi connectivity index (χ4n) is 2.28. The third-order valence-electron chi connectivity index (χ3n) is 3.54. The molecular formula is C15H28N2. The van der Waals surface area contributed by atoms with E-state index in [0.717, 1.165) is 0 Å². The van der Waals surface area contributed by atoms with Crippen molar-refractivity contribution in [3.05, 3.63) is 18.0 Å². The van der Waals surface area contributed by atoms with Crippen molar-refractivity contribution in [2.24, 2.45) is 0 Å². The van der Waals surface area contributed by atoms with Gasteiger partial charge in [-0.3, -0.25) is 5.10 Å². The molecule has 0 saturated heterocycles. The number of unbranched alkanes of at least 4 members (excludes halogenated alkanes) is 7. The molecule has 1 atom stereocenters. The molecule has 0 fully saturated rings. The first kappa shape index (κ1) is 14.3. The highest BCUT2D eigenvalue weighted by molar-refractivity contribution is 5.03. The second kappa shape index (κ2) is 9.26. The van der Waals surface area contributed by atoms with E-state index in [9.17, 15) is 0 Å². The van der Waals surface area contributed by atoms with Gasteiger partial charge in [0, 0.05) is 11.9 Å². The molecule has 1 unspecified atom stereocenters. The van der Waals surface area contributed by atoms with Crippen LogP contribution in [-0.4, -0.2) is 10.2 Å². The fraction of sp³-hybridized carbons (Fsp3) is 0.800. The Balaban J connectivity index is 1.90. The maximum Gasteiger partial charge on any atom is 0.0490 e. The standard InChI is InChI=1S/C15H28N2/c1-3-4-5-6-7-8-9-10-11-14(2)15-12-13-16-17-15/h12-14H,3-11H2,1-2H3,(H,16,17). The van der Waals surface area contributed by atoms with Crippen molar-refractivity contribution >= 4 is 0 Å². The lowest BCUT2D eigenvalue weighted by molar-refractivity contribution is 0.539. The molecule has 0 aliphatic rings. The molecule has 98 valence electrons. The van der Waals surface area contributed by atoms with E-state index in [4.69, 9.17) is 0 Å². The van der Waals surface area contributed by atoms with Crippen molar-refractivity contribution in [1.82, 2.24) is 10.2 Å². The van der Waals surface area contributed by atoms with Crippen LogP contribution in [0.25, 0.3) is 0 Å². The third-order valence-corrected chi connectivity index (χ3v) is 3.54. The van der Waals surface area contributed by atoms with Gasteiger partial charge in [-0.15, -0.1) is 0 Å². The van der Waals surface area contributed by atoms with Gasteiger partial charge in [-0.1, -0.05) is 65.2 Å². The summed E-state index contributed by atoms with van der Waals surface area (Å²) in [5.41, 5.74) is 1.29. The van der Waals surface area contributed by atoms with E-state index in [2.05, 4.69) is 30.1 Å². The van der Waals surface area contributed by atoms with Gasteiger partial charge in [0.15, 0.2) is 0 Å². The highest BCUT2D eigenvalue weighted by atomic mass is 15.1. The number of H-pyrrole nitrogens is 1. The van der Waals surface area contributed by atoms with Crippen molar-refractivity contribution < 1.29 is 0 Å². The topological polar surface area (TPSA) is 28.7 Å². The summed E-state index contributed by atoms with van der Waals surface area (Å²) >= 11 is 0. The van der Waals surface area contributed by atoms with Gasteiger partial charge in [0.05, 0.1) is 0 Å². The lowest BCUT2D eigenvalue weighted by Crippen LogP contribution is -1.94. The maximum atomic E-state index is 4.00. The summed E-state index contributed by atoms with van der Waals surface area (Å²) in [7, 11) is 0. The van der Waals surface area contributed by atoms with Crippen LogP contribution in [-0.2, 0) is 0 Å². The van der Waals surface area contributed by atoms with Crippen molar-refractivity contribution in [3.8, 4) is 0 Å².